The Balaban J connectivity index is 1.11. The molecule has 0 radical (unpaired) electrons. The zero-order valence-corrected chi connectivity index (χ0v) is 27.0. The summed E-state index contributed by atoms with van der Waals surface area (Å²) in [5.41, 5.74) is 10.7. The smallest absolute Gasteiger partial charge is 0.136 e. The second-order valence-corrected chi connectivity index (χ2v) is 13.2. The highest BCUT2D eigenvalue weighted by atomic mass is 16.3. The normalized spacial score (nSPS) is 12.0. The Morgan fingerprint density at radius 1 is 0.240 bits per heavy atom. The summed E-state index contributed by atoms with van der Waals surface area (Å²) in [6.07, 6.45) is 0. The van der Waals surface area contributed by atoms with Crippen LogP contribution in [0.1, 0.15) is 0 Å². The molecule has 0 aliphatic rings. The van der Waals surface area contributed by atoms with Crippen LogP contribution >= 0.6 is 0 Å². The second kappa shape index (κ2) is 10.4. The first kappa shape index (κ1) is 27.3. The first-order chi connectivity index (χ1) is 24.8. The molecule has 0 saturated carbocycles. The molecule has 0 fully saturated rings. The molecule has 0 unspecified atom stereocenters. The fraction of sp³-hybridized carbons (Fsp3) is 0. The van der Waals surface area contributed by atoms with Crippen molar-refractivity contribution >= 4 is 76.2 Å². The predicted molar refractivity (Wildman–Crippen MR) is 210 cm³/mol. The molecule has 2 aromatic heterocycles. The predicted octanol–water partition coefficient (Wildman–Crippen LogP) is 13.9. The molecule has 0 amide bonds. The van der Waals surface area contributed by atoms with E-state index in [1.165, 1.54) is 60.1 Å². The maximum Gasteiger partial charge on any atom is 0.136 e. The van der Waals surface area contributed by atoms with Gasteiger partial charge in [-0.1, -0.05) is 127 Å². The zero-order chi connectivity index (χ0) is 32.8. The first-order valence-corrected chi connectivity index (χ1v) is 17.1. The minimum absolute atomic E-state index is 0.868. The number of para-hydroxylation sites is 1. The highest BCUT2D eigenvalue weighted by molar-refractivity contribution is 6.22. The first-order valence-electron chi connectivity index (χ1n) is 17.1. The minimum Gasteiger partial charge on any atom is -0.456 e. The molecule has 2 nitrogen and oxygen atoms in total. The van der Waals surface area contributed by atoms with Gasteiger partial charge in [0.1, 0.15) is 22.3 Å². The van der Waals surface area contributed by atoms with Gasteiger partial charge >= 0.3 is 0 Å². The van der Waals surface area contributed by atoms with Crippen LogP contribution in [-0.4, -0.2) is 0 Å². The van der Waals surface area contributed by atoms with E-state index in [2.05, 4.69) is 152 Å². The van der Waals surface area contributed by atoms with E-state index in [0.29, 0.717) is 0 Å². The van der Waals surface area contributed by atoms with Crippen molar-refractivity contribution in [3.05, 3.63) is 170 Å². The second-order valence-electron chi connectivity index (χ2n) is 13.2. The van der Waals surface area contributed by atoms with Crippen molar-refractivity contribution in [1.82, 2.24) is 0 Å². The summed E-state index contributed by atoms with van der Waals surface area (Å²) >= 11 is 0. The Morgan fingerprint density at radius 2 is 0.720 bits per heavy atom. The van der Waals surface area contributed by atoms with Gasteiger partial charge in [0.2, 0.25) is 0 Å². The van der Waals surface area contributed by atoms with Gasteiger partial charge in [0, 0.05) is 21.5 Å². The summed E-state index contributed by atoms with van der Waals surface area (Å²) in [7, 11) is 0. The third kappa shape index (κ3) is 4.03. The number of hydrogen-bond acceptors (Lipinski definition) is 2. The molecule has 2 heteroatoms. The minimum atomic E-state index is 0.868. The molecule has 0 atom stereocenters. The van der Waals surface area contributed by atoms with Crippen molar-refractivity contribution in [1.29, 1.82) is 0 Å². The van der Waals surface area contributed by atoms with Crippen molar-refractivity contribution in [2.24, 2.45) is 0 Å². The lowest BCUT2D eigenvalue weighted by Crippen LogP contribution is -1.91. The lowest BCUT2D eigenvalue weighted by atomic mass is 9.85. The highest BCUT2D eigenvalue weighted by Crippen LogP contribution is 2.45. The Bertz CT molecular complexity index is 3100. The van der Waals surface area contributed by atoms with Crippen LogP contribution in [0.25, 0.3) is 110 Å². The molecule has 11 aromatic rings. The van der Waals surface area contributed by atoms with E-state index in [-0.39, 0.29) is 0 Å². The molecule has 0 saturated heterocycles. The van der Waals surface area contributed by atoms with Gasteiger partial charge in [-0.15, -0.1) is 0 Å². The van der Waals surface area contributed by atoms with Gasteiger partial charge in [-0.3, -0.25) is 0 Å². The van der Waals surface area contributed by atoms with E-state index in [9.17, 15) is 0 Å². The van der Waals surface area contributed by atoms with Gasteiger partial charge in [0.05, 0.1) is 0 Å². The summed E-state index contributed by atoms with van der Waals surface area (Å²) < 4.78 is 12.8. The van der Waals surface area contributed by atoms with Gasteiger partial charge in [-0.2, -0.15) is 0 Å². The summed E-state index contributed by atoms with van der Waals surface area (Å²) in [5, 5.41) is 11.7. The van der Waals surface area contributed by atoms with Crippen LogP contribution in [0.3, 0.4) is 0 Å². The fourth-order valence-electron chi connectivity index (χ4n) is 8.12. The Labute approximate surface area is 287 Å². The van der Waals surface area contributed by atoms with Crippen LogP contribution in [0, 0.1) is 0 Å². The number of benzene rings is 9. The van der Waals surface area contributed by atoms with Crippen molar-refractivity contribution in [3.63, 3.8) is 0 Å². The Hall–Kier alpha value is -6.64. The monoisotopic (exact) mass is 636 g/mol. The van der Waals surface area contributed by atoms with E-state index >= 15 is 0 Å². The van der Waals surface area contributed by atoms with E-state index in [1.54, 1.807) is 0 Å². The largest absolute Gasteiger partial charge is 0.456 e. The third-order valence-electron chi connectivity index (χ3n) is 10.4. The van der Waals surface area contributed by atoms with Gasteiger partial charge in [0.15, 0.2) is 0 Å². The van der Waals surface area contributed by atoms with E-state index < -0.39 is 0 Å². The quantitative estimate of drug-likeness (QED) is 0.180. The number of rotatable bonds is 3. The molecule has 0 N–H and O–H groups in total. The molecule has 232 valence electrons. The number of hydrogen-bond donors (Lipinski definition) is 0. The average molecular weight is 637 g/mol. The lowest BCUT2D eigenvalue weighted by molar-refractivity contribution is 0.664. The maximum atomic E-state index is 6.60. The van der Waals surface area contributed by atoms with Gasteiger partial charge < -0.3 is 8.83 Å². The summed E-state index contributed by atoms with van der Waals surface area (Å²) in [4.78, 5) is 0. The molecule has 50 heavy (non-hydrogen) atoms. The van der Waals surface area contributed by atoms with Crippen LogP contribution in [0.15, 0.2) is 179 Å². The molecule has 0 bridgehead atoms. The highest BCUT2D eigenvalue weighted by Gasteiger charge is 2.19. The van der Waals surface area contributed by atoms with Crippen molar-refractivity contribution in [2.75, 3.05) is 0 Å². The molecule has 0 aliphatic carbocycles. The topological polar surface area (TPSA) is 26.3 Å². The summed E-state index contributed by atoms with van der Waals surface area (Å²) in [5.74, 6) is 0. The van der Waals surface area contributed by atoms with E-state index in [4.69, 9.17) is 8.83 Å². The Kier molecular flexibility index (Phi) is 5.70. The van der Waals surface area contributed by atoms with Gasteiger partial charge in [-0.25, -0.2) is 0 Å². The van der Waals surface area contributed by atoms with E-state index in [0.717, 1.165) is 49.4 Å². The standard InChI is InChI=1S/C48H28O2/c1-2-11-30-24-32(21-20-29(30)10-1)31-12-9-13-33(25-31)47-37-15-3-5-17-39(37)48(40-18-6-4-16-38(40)47)34-22-23-36-42-28-45-41(27-46(42)50-44(36)26-34)35-14-7-8-19-43(35)49-45/h1-28H. The molecular formula is C48H28O2. The van der Waals surface area contributed by atoms with Gasteiger partial charge in [-0.05, 0) is 108 Å². The molecular weight excluding hydrogens is 609 g/mol. The maximum absolute atomic E-state index is 6.60. The lowest BCUT2D eigenvalue weighted by Gasteiger charge is -2.18. The summed E-state index contributed by atoms with van der Waals surface area (Å²) in [6.45, 7) is 0. The van der Waals surface area contributed by atoms with Crippen molar-refractivity contribution in [2.45, 2.75) is 0 Å². The molecule has 11 rings (SSSR count). The molecule has 2 heterocycles. The van der Waals surface area contributed by atoms with Crippen molar-refractivity contribution < 1.29 is 8.83 Å². The van der Waals surface area contributed by atoms with Crippen LogP contribution in [0.5, 0.6) is 0 Å². The average Bonchev–Trinajstić information content (AvgIpc) is 3.72. The summed E-state index contributed by atoms with van der Waals surface area (Å²) in [6, 6.07) is 61.0. The van der Waals surface area contributed by atoms with Crippen molar-refractivity contribution in [3.8, 4) is 33.4 Å². The van der Waals surface area contributed by atoms with E-state index in [1.807, 2.05) is 18.2 Å². The number of furan rings is 2. The van der Waals surface area contributed by atoms with Crippen LogP contribution < -0.4 is 0 Å². The molecule has 9 aromatic carbocycles. The Morgan fingerprint density at radius 3 is 1.42 bits per heavy atom. The van der Waals surface area contributed by atoms with Crippen LogP contribution in [0.2, 0.25) is 0 Å². The zero-order valence-electron chi connectivity index (χ0n) is 27.0. The fourth-order valence-corrected chi connectivity index (χ4v) is 8.12. The molecule has 0 spiro atoms. The third-order valence-corrected chi connectivity index (χ3v) is 10.4. The SMILES string of the molecule is c1cc(-c2ccc3ccccc3c2)cc(-c2c3ccccc3c(-c3ccc4c(c3)oc3cc5c(cc34)oc3ccccc35)c3ccccc23)c1. The van der Waals surface area contributed by atoms with Crippen LogP contribution in [0.4, 0.5) is 0 Å². The molecule has 0 aliphatic heterocycles. The van der Waals surface area contributed by atoms with Crippen LogP contribution in [-0.2, 0) is 0 Å². The van der Waals surface area contributed by atoms with Gasteiger partial charge in [0.25, 0.3) is 0 Å². The number of fused-ring (bicyclic) bond motifs is 9.